The number of carbonyl (C=O) groups excluding carboxylic acids is 1. The average molecular weight is 350 g/mol. The van der Waals surface area contributed by atoms with Gasteiger partial charge in [-0.05, 0) is 12.1 Å². The maximum Gasteiger partial charge on any atom is 0.232 e. The maximum absolute atomic E-state index is 10.1. The van der Waals surface area contributed by atoms with Crippen molar-refractivity contribution in [3.63, 3.8) is 0 Å². The number of hydrogen-bond acceptors (Lipinski definition) is 2. The molecule has 7 heteroatoms. The van der Waals surface area contributed by atoms with Gasteiger partial charge in [0.1, 0.15) is 5.75 Å². The Hall–Kier alpha value is 0.618. The van der Waals surface area contributed by atoms with Crippen LogP contribution in [0.25, 0.3) is 5.73 Å². The molecule has 5 nitrogen and oxygen atoms in total. The number of rotatable bonds is 1. The third-order valence-electron chi connectivity index (χ3n) is 0.954. The Bertz CT molecular complexity index is 232. The zero-order valence-electron chi connectivity index (χ0n) is 7.36. The van der Waals surface area contributed by atoms with Crippen LogP contribution in [0.1, 0.15) is 0 Å². The second kappa shape index (κ2) is 13.6. The summed E-state index contributed by atoms with van der Waals surface area (Å²) >= 11 is 0. The van der Waals surface area contributed by atoms with Crippen LogP contribution in [-0.2, 0) is 65.4 Å². The summed E-state index contributed by atoms with van der Waals surface area (Å²) < 4.78 is 4.44. The van der Waals surface area contributed by atoms with Crippen molar-refractivity contribution in [2.45, 2.75) is 0 Å². The fourth-order valence-electron chi connectivity index (χ4n) is 0.596. The molecule has 1 amide bonds. The van der Waals surface area contributed by atoms with Crippen LogP contribution in [0.15, 0.2) is 30.3 Å². The summed E-state index contributed by atoms with van der Waals surface area (Å²) in [6.45, 7) is 0. The van der Waals surface area contributed by atoms with E-state index in [-0.39, 0.29) is 76.4 Å². The molecule has 1 rings (SSSR count). The minimum atomic E-state index is -1.04. The number of hydrogen-bond donors (Lipinski definition) is 0. The smallest absolute Gasteiger partial charge is 0.232 e. The average Bonchev–Trinajstić information content (AvgIpc) is 1.88. The number of benzene rings is 1. The fraction of sp³-hybridized carbons (Fsp3) is 0. The fourth-order valence-corrected chi connectivity index (χ4v) is 0.596. The molecule has 0 atom stereocenters. The standard InChI is InChI=1S/C7H7NO2.2H2O.2Y/c8-7(9)10-6-4-2-1-3-5-6;;;;/h1-5H,(H2,8,9);2*1H2;;/p-1. The van der Waals surface area contributed by atoms with E-state index >= 15 is 0 Å². The summed E-state index contributed by atoms with van der Waals surface area (Å²) in [6.07, 6.45) is -1.04. The normalized spacial score (nSPS) is 6.29. The molecular formula is C7H10NO4Y2-. The molecule has 0 bridgehead atoms. The van der Waals surface area contributed by atoms with Gasteiger partial charge < -0.3 is 21.4 Å². The molecule has 0 fully saturated rings. The summed E-state index contributed by atoms with van der Waals surface area (Å²) in [5, 5.41) is 0. The first-order valence-electron chi connectivity index (χ1n) is 2.77. The predicted molar refractivity (Wildman–Crippen MR) is 44.0 cm³/mol. The second-order valence-corrected chi connectivity index (χ2v) is 1.70. The van der Waals surface area contributed by atoms with Crippen molar-refractivity contribution in [2.75, 3.05) is 0 Å². The first kappa shape index (κ1) is 24.0. The van der Waals surface area contributed by atoms with E-state index in [1.54, 1.807) is 30.3 Å². The zero-order valence-corrected chi connectivity index (χ0v) is 13.0. The van der Waals surface area contributed by atoms with Gasteiger partial charge in [0.25, 0.3) is 0 Å². The van der Waals surface area contributed by atoms with Crippen LogP contribution in [0.2, 0.25) is 0 Å². The van der Waals surface area contributed by atoms with E-state index < -0.39 is 6.09 Å². The van der Waals surface area contributed by atoms with E-state index in [2.05, 4.69) is 4.74 Å². The van der Waals surface area contributed by atoms with E-state index in [1.165, 1.54) is 0 Å². The third kappa shape index (κ3) is 10.7. The van der Waals surface area contributed by atoms with E-state index in [1.807, 2.05) is 0 Å². The van der Waals surface area contributed by atoms with Crippen LogP contribution in [-0.4, -0.2) is 17.0 Å². The number of carbonyl (C=O) groups is 1. The molecule has 2 radical (unpaired) electrons. The van der Waals surface area contributed by atoms with Crippen molar-refractivity contribution < 1.29 is 85.9 Å². The molecule has 0 spiro atoms. The Kier molecular flexibility index (Phi) is 23.4. The molecule has 0 heterocycles. The van der Waals surface area contributed by atoms with Gasteiger partial charge in [-0.25, -0.2) is 0 Å². The van der Waals surface area contributed by atoms with Gasteiger partial charge in [-0.2, -0.15) is 0 Å². The predicted octanol–water partition coefficient (Wildman–Crippen LogP) is 0.583. The summed E-state index contributed by atoms with van der Waals surface area (Å²) in [5.74, 6) is 0.405. The number of amides is 1. The van der Waals surface area contributed by atoms with E-state index in [4.69, 9.17) is 5.73 Å². The van der Waals surface area contributed by atoms with Gasteiger partial charge in [0.15, 0.2) is 0 Å². The van der Waals surface area contributed by atoms with Crippen LogP contribution in [0.5, 0.6) is 5.75 Å². The molecule has 74 valence electrons. The monoisotopic (exact) mass is 350 g/mol. The van der Waals surface area contributed by atoms with Crippen LogP contribution in [0, 0.1) is 0 Å². The van der Waals surface area contributed by atoms with Gasteiger partial charge >= 0.3 is 0 Å². The molecule has 14 heavy (non-hydrogen) atoms. The molecule has 0 aliphatic rings. The summed E-state index contributed by atoms with van der Waals surface area (Å²) in [6, 6.07) is 8.51. The Morgan fingerprint density at radius 1 is 1.07 bits per heavy atom. The summed E-state index contributed by atoms with van der Waals surface area (Å²) in [7, 11) is 0. The quantitative estimate of drug-likeness (QED) is 0.738. The van der Waals surface area contributed by atoms with Gasteiger partial charge in [-0.3, -0.25) is 4.79 Å². The van der Waals surface area contributed by atoms with E-state index in [9.17, 15) is 4.79 Å². The van der Waals surface area contributed by atoms with Gasteiger partial charge in [-0.15, -0.1) is 0 Å². The molecule has 0 saturated carbocycles. The van der Waals surface area contributed by atoms with Crippen LogP contribution < -0.4 is 4.74 Å². The van der Waals surface area contributed by atoms with Crippen LogP contribution >= 0.6 is 0 Å². The van der Waals surface area contributed by atoms with Crippen LogP contribution in [0.4, 0.5) is 4.79 Å². The van der Waals surface area contributed by atoms with Crippen molar-refractivity contribution in [2.24, 2.45) is 0 Å². The Morgan fingerprint density at radius 2 is 1.50 bits per heavy atom. The van der Waals surface area contributed by atoms with Crippen molar-refractivity contribution in [3.8, 4) is 5.75 Å². The number of ether oxygens (including phenoxy) is 1. The molecule has 0 aliphatic carbocycles. The van der Waals surface area contributed by atoms with Gasteiger partial charge in [0.05, 0.1) is 0 Å². The van der Waals surface area contributed by atoms with Crippen LogP contribution in [0.3, 0.4) is 0 Å². The zero-order chi connectivity index (χ0) is 7.40. The summed E-state index contributed by atoms with van der Waals surface area (Å²) in [5.41, 5.74) is 6.45. The molecule has 5 N–H and O–H groups in total. The van der Waals surface area contributed by atoms with Gasteiger partial charge in [0.2, 0.25) is 6.09 Å². The van der Waals surface area contributed by atoms with Gasteiger partial charge in [0, 0.05) is 65.4 Å². The first-order valence-corrected chi connectivity index (χ1v) is 2.77. The molecule has 1 aromatic rings. The SMILES string of the molecule is O.O.[NH-]C(=O)Oc1ccccc1.[Y].[Y]. The van der Waals surface area contributed by atoms with E-state index in [0.29, 0.717) is 5.75 Å². The molecule has 0 aliphatic heterocycles. The topological polar surface area (TPSA) is 113 Å². The minimum absolute atomic E-state index is 0. The molecule has 0 aromatic heterocycles. The Balaban J connectivity index is -0.000000125. The van der Waals surface area contributed by atoms with Crippen molar-refractivity contribution in [1.29, 1.82) is 0 Å². The number of nitrogens with one attached hydrogen (secondary N) is 1. The second-order valence-electron chi connectivity index (χ2n) is 1.70. The molecule has 0 unspecified atom stereocenters. The van der Waals surface area contributed by atoms with E-state index in [0.717, 1.165) is 0 Å². The maximum atomic E-state index is 10.1. The minimum Gasteiger partial charge on any atom is -0.631 e. The van der Waals surface area contributed by atoms with Crippen molar-refractivity contribution >= 4 is 6.09 Å². The van der Waals surface area contributed by atoms with Gasteiger partial charge in [-0.1, -0.05) is 18.2 Å². The Morgan fingerprint density at radius 3 is 1.86 bits per heavy atom. The Labute approximate surface area is 132 Å². The first-order chi connectivity index (χ1) is 4.79. The van der Waals surface area contributed by atoms with Crippen molar-refractivity contribution in [3.05, 3.63) is 36.1 Å². The summed E-state index contributed by atoms with van der Waals surface area (Å²) in [4.78, 5) is 10.1. The van der Waals surface area contributed by atoms with Crippen molar-refractivity contribution in [1.82, 2.24) is 0 Å². The molecular weight excluding hydrogens is 340 g/mol. The molecule has 0 saturated heterocycles. The number of para-hydroxylation sites is 1. The largest absolute Gasteiger partial charge is 0.631 e. The third-order valence-corrected chi connectivity index (χ3v) is 0.954. The molecule has 1 aromatic carbocycles.